The number of benzene rings is 3. The summed E-state index contributed by atoms with van der Waals surface area (Å²) in [6, 6.07) is 19.6. The number of carbonyl (C=O) groups excluding carboxylic acids is 1. The summed E-state index contributed by atoms with van der Waals surface area (Å²) in [5, 5.41) is 0.553. The van der Waals surface area contributed by atoms with Crippen molar-refractivity contribution in [3.05, 3.63) is 77.9 Å². The smallest absolute Gasteiger partial charge is 0.264 e. The van der Waals surface area contributed by atoms with E-state index in [1.54, 1.807) is 11.0 Å². The van der Waals surface area contributed by atoms with E-state index in [0.29, 0.717) is 36.1 Å². The van der Waals surface area contributed by atoms with Gasteiger partial charge in [0.05, 0.1) is 33.5 Å². The van der Waals surface area contributed by atoms with Gasteiger partial charge in [-0.2, -0.15) is 0 Å². The number of hydrogen-bond donors (Lipinski definition) is 0. The summed E-state index contributed by atoms with van der Waals surface area (Å²) in [5.74, 6) is -0.0531. The molecule has 0 saturated carbocycles. The first-order valence-corrected chi connectivity index (χ1v) is 13.2. The molecule has 1 aliphatic rings. The van der Waals surface area contributed by atoms with Crippen LogP contribution in [0.15, 0.2) is 71.6 Å². The highest BCUT2D eigenvalue weighted by atomic mass is 32.2. The van der Waals surface area contributed by atoms with Crippen molar-refractivity contribution < 1.29 is 17.9 Å². The molecular weight excluding hydrogens is 470 g/mol. The van der Waals surface area contributed by atoms with Crippen molar-refractivity contribution in [3.63, 3.8) is 0 Å². The lowest BCUT2D eigenvalue weighted by Gasteiger charge is -2.22. The summed E-state index contributed by atoms with van der Waals surface area (Å²) < 4.78 is 34.9. The largest absolute Gasteiger partial charge is 0.496 e. The Morgan fingerprint density at radius 2 is 1.88 bits per heavy atom. The molecule has 0 saturated heterocycles. The number of amides is 1. The lowest BCUT2D eigenvalue weighted by molar-refractivity contribution is 0.0985. The Kier molecular flexibility index (Phi) is 5.75. The molecule has 0 unspecified atom stereocenters. The molecule has 2 heterocycles. The van der Waals surface area contributed by atoms with Crippen molar-refractivity contribution in [1.29, 1.82) is 0 Å². The second-order valence-electron chi connectivity index (χ2n) is 7.83. The Bertz CT molecular complexity index is 1460. The lowest BCUT2D eigenvalue weighted by atomic mass is 10.1. The zero-order valence-electron chi connectivity index (χ0n) is 18.8. The predicted molar refractivity (Wildman–Crippen MR) is 135 cm³/mol. The van der Waals surface area contributed by atoms with Gasteiger partial charge in [0.1, 0.15) is 5.75 Å². The maximum absolute atomic E-state index is 13.6. The van der Waals surface area contributed by atoms with Crippen LogP contribution in [0.5, 0.6) is 5.75 Å². The summed E-state index contributed by atoms with van der Waals surface area (Å²) in [4.78, 5) is 19.8. The normalized spacial score (nSPS) is 13.2. The first-order chi connectivity index (χ1) is 16.4. The molecule has 5 rings (SSSR count). The fraction of sp³-hybridized carbons (Fsp3) is 0.200. The van der Waals surface area contributed by atoms with Crippen LogP contribution in [0.25, 0.3) is 10.2 Å². The maximum atomic E-state index is 13.6. The standard InChI is InChI=1S/C25H23N3O4S2/c1-3-27(25-26-20-9-5-7-11-23(20)33-25)24(29)19-16-18(12-13-22(19)32-2)34(30,31)28-15-14-17-8-4-6-10-21(17)28/h4-13,16H,3,14-15H2,1-2H3. The molecular formula is C25H23N3O4S2. The summed E-state index contributed by atoms with van der Waals surface area (Å²) in [5.41, 5.74) is 2.65. The average Bonchev–Trinajstić information content (AvgIpc) is 3.48. The molecule has 4 aromatic rings. The molecule has 0 fully saturated rings. The summed E-state index contributed by atoms with van der Waals surface area (Å²) in [6.45, 7) is 2.60. The van der Waals surface area contributed by atoms with E-state index in [-0.39, 0.29) is 16.4 Å². The number of aromatic nitrogens is 1. The average molecular weight is 494 g/mol. The summed E-state index contributed by atoms with van der Waals surface area (Å²) in [7, 11) is -2.39. The van der Waals surface area contributed by atoms with Crippen LogP contribution in [-0.4, -0.2) is 39.5 Å². The number of ether oxygens (including phenoxy) is 1. The van der Waals surface area contributed by atoms with E-state index in [9.17, 15) is 13.2 Å². The molecule has 0 spiro atoms. The van der Waals surface area contributed by atoms with Gasteiger partial charge in [0, 0.05) is 13.1 Å². The molecule has 174 valence electrons. The number of methoxy groups -OCH3 is 1. The molecule has 0 N–H and O–H groups in total. The van der Waals surface area contributed by atoms with Crippen LogP contribution in [0.3, 0.4) is 0 Å². The zero-order chi connectivity index (χ0) is 23.9. The van der Waals surface area contributed by atoms with Crippen LogP contribution in [0.1, 0.15) is 22.8 Å². The van der Waals surface area contributed by atoms with Gasteiger partial charge >= 0.3 is 0 Å². The van der Waals surface area contributed by atoms with Crippen LogP contribution >= 0.6 is 11.3 Å². The van der Waals surface area contributed by atoms with Gasteiger partial charge in [-0.25, -0.2) is 13.4 Å². The highest BCUT2D eigenvalue weighted by Gasteiger charge is 2.32. The van der Waals surface area contributed by atoms with Gasteiger partial charge in [-0.3, -0.25) is 14.0 Å². The van der Waals surface area contributed by atoms with E-state index in [1.807, 2.05) is 49.4 Å². The molecule has 34 heavy (non-hydrogen) atoms. The quantitative estimate of drug-likeness (QED) is 0.388. The monoisotopic (exact) mass is 493 g/mol. The topological polar surface area (TPSA) is 79.8 Å². The fourth-order valence-electron chi connectivity index (χ4n) is 4.19. The van der Waals surface area contributed by atoms with Crippen LogP contribution in [0, 0.1) is 0 Å². The second-order valence-corrected chi connectivity index (χ2v) is 10.7. The maximum Gasteiger partial charge on any atom is 0.264 e. The van der Waals surface area contributed by atoms with Crippen LogP contribution < -0.4 is 13.9 Å². The minimum Gasteiger partial charge on any atom is -0.496 e. The molecule has 1 amide bonds. The number of anilines is 2. The highest BCUT2D eigenvalue weighted by molar-refractivity contribution is 7.92. The third kappa shape index (κ3) is 3.70. The number of para-hydroxylation sites is 2. The van der Waals surface area contributed by atoms with Crippen molar-refractivity contribution >= 4 is 48.3 Å². The van der Waals surface area contributed by atoms with E-state index >= 15 is 0 Å². The van der Waals surface area contributed by atoms with Crippen LogP contribution in [0.4, 0.5) is 10.8 Å². The molecule has 3 aromatic carbocycles. The minimum atomic E-state index is -3.86. The Morgan fingerprint density at radius 3 is 2.65 bits per heavy atom. The molecule has 0 atom stereocenters. The van der Waals surface area contributed by atoms with Crippen LogP contribution in [0.2, 0.25) is 0 Å². The van der Waals surface area contributed by atoms with E-state index in [0.717, 1.165) is 15.8 Å². The first kappa shape index (κ1) is 22.4. The SMILES string of the molecule is CCN(C(=O)c1cc(S(=O)(=O)N2CCc3ccccc32)ccc1OC)c1nc2ccccc2s1. The van der Waals surface area contributed by atoms with Crippen molar-refractivity contribution in [2.45, 2.75) is 18.2 Å². The van der Waals surface area contributed by atoms with Gasteiger partial charge in [0.15, 0.2) is 5.13 Å². The Hall–Kier alpha value is -3.43. The van der Waals surface area contributed by atoms with E-state index in [4.69, 9.17) is 4.74 Å². The minimum absolute atomic E-state index is 0.0497. The van der Waals surface area contributed by atoms with Crippen molar-refractivity contribution in [2.24, 2.45) is 0 Å². The Balaban J connectivity index is 1.55. The number of hydrogen-bond acceptors (Lipinski definition) is 6. The van der Waals surface area contributed by atoms with Gasteiger partial charge in [-0.05, 0) is 55.3 Å². The van der Waals surface area contributed by atoms with Crippen molar-refractivity contribution in [3.8, 4) is 5.75 Å². The molecule has 0 radical (unpaired) electrons. The van der Waals surface area contributed by atoms with E-state index in [1.165, 1.54) is 41.0 Å². The summed E-state index contributed by atoms with van der Waals surface area (Å²) in [6.07, 6.45) is 0.651. The Morgan fingerprint density at radius 1 is 1.12 bits per heavy atom. The lowest BCUT2D eigenvalue weighted by Crippen LogP contribution is -2.32. The number of carbonyl (C=O) groups is 1. The van der Waals surface area contributed by atoms with Crippen molar-refractivity contribution in [2.75, 3.05) is 29.4 Å². The molecule has 7 nitrogen and oxygen atoms in total. The van der Waals surface area contributed by atoms with Gasteiger partial charge < -0.3 is 4.74 Å². The number of rotatable bonds is 6. The second kappa shape index (κ2) is 8.73. The van der Waals surface area contributed by atoms with Gasteiger partial charge in [-0.15, -0.1) is 0 Å². The van der Waals surface area contributed by atoms with E-state index < -0.39 is 10.0 Å². The molecule has 9 heteroatoms. The highest BCUT2D eigenvalue weighted by Crippen LogP contribution is 2.35. The number of thiazole rings is 1. The van der Waals surface area contributed by atoms with Crippen LogP contribution in [-0.2, 0) is 16.4 Å². The number of nitrogens with zero attached hydrogens (tertiary/aromatic N) is 3. The van der Waals surface area contributed by atoms with Gasteiger partial charge in [-0.1, -0.05) is 41.7 Å². The molecule has 0 bridgehead atoms. The summed E-state index contributed by atoms with van der Waals surface area (Å²) >= 11 is 1.42. The predicted octanol–water partition coefficient (Wildman–Crippen LogP) is 4.72. The Labute approximate surface area is 202 Å². The van der Waals surface area contributed by atoms with Crippen molar-refractivity contribution in [1.82, 2.24) is 4.98 Å². The van der Waals surface area contributed by atoms with Gasteiger partial charge in [0.25, 0.3) is 15.9 Å². The van der Waals surface area contributed by atoms with E-state index in [2.05, 4.69) is 4.98 Å². The number of fused-ring (bicyclic) bond motifs is 2. The third-order valence-corrected chi connectivity index (χ3v) is 8.78. The molecule has 0 aliphatic carbocycles. The molecule has 1 aromatic heterocycles. The van der Waals surface area contributed by atoms with Gasteiger partial charge in [0.2, 0.25) is 0 Å². The fourth-order valence-corrected chi connectivity index (χ4v) is 6.74. The third-order valence-electron chi connectivity index (χ3n) is 5.91. The zero-order valence-corrected chi connectivity index (χ0v) is 20.4. The number of sulfonamides is 1. The first-order valence-electron chi connectivity index (χ1n) is 10.9. The molecule has 1 aliphatic heterocycles.